The van der Waals surface area contributed by atoms with Crippen molar-refractivity contribution in [3.63, 3.8) is 0 Å². The number of benzene rings is 3. The lowest BCUT2D eigenvalue weighted by Gasteiger charge is -2.07. The molecule has 1 aromatic heterocycles. The molecule has 4 aromatic rings. The van der Waals surface area contributed by atoms with Gasteiger partial charge in [0, 0.05) is 26.0 Å². The number of Topliss-reactive ketones (excluding diaryl/α,β-unsaturated/α-hetero) is 1. The summed E-state index contributed by atoms with van der Waals surface area (Å²) in [6, 6.07) is 21.1. The molecule has 4 rings (SSSR count). The molecule has 6 heteroatoms. The number of fused-ring (bicyclic) bond motifs is 1. The molecule has 0 spiro atoms. The Hall–Kier alpha value is -2.89. The molecule has 4 nitrogen and oxygen atoms in total. The van der Waals surface area contributed by atoms with Crippen LogP contribution < -0.4 is 5.32 Å². The Morgan fingerprint density at radius 2 is 1.55 bits per heavy atom. The molecule has 0 unspecified atom stereocenters. The van der Waals surface area contributed by atoms with E-state index in [0.717, 1.165) is 9.86 Å². The van der Waals surface area contributed by atoms with Gasteiger partial charge < -0.3 is 9.73 Å². The van der Waals surface area contributed by atoms with Gasteiger partial charge in [-0.15, -0.1) is 0 Å². The van der Waals surface area contributed by atoms with Gasteiger partial charge in [0.1, 0.15) is 5.58 Å². The molecule has 0 bridgehead atoms. The summed E-state index contributed by atoms with van der Waals surface area (Å²) < 4.78 is 6.74. The molecule has 0 amide bonds. The molecular formula is C23H15BrClNO3. The molecule has 0 saturated heterocycles. The van der Waals surface area contributed by atoms with Crippen LogP contribution in [0.5, 0.6) is 0 Å². The first-order valence-electron chi connectivity index (χ1n) is 8.87. The second-order valence-electron chi connectivity index (χ2n) is 6.42. The Morgan fingerprint density at radius 3 is 2.28 bits per heavy atom. The van der Waals surface area contributed by atoms with Gasteiger partial charge in [0.05, 0.1) is 12.2 Å². The average Bonchev–Trinajstić information content (AvgIpc) is 3.11. The van der Waals surface area contributed by atoms with E-state index in [0.29, 0.717) is 27.4 Å². The maximum atomic E-state index is 13.0. The summed E-state index contributed by atoms with van der Waals surface area (Å²) in [5, 5.41) is 4.40. The molecule has 0 saturated carbocycles. The number of furan rings is 1. The van der Waals surface area contributed by atoms with E-state index in [4.69, 9.17) is 16.0 Å². The lowest BCUT2D eigenvalue weighted by molar-refractivity contribution is 0.0997. The third-order valence-corrected chi connectivity index (χ3v) is 5.28. The van der Waals surface area contributed by atoms with Crippen molar-refractivity contribution in [2.24, 2.45) is 0 Å². The molecule has 1 N–H and O–H groups in total. The lowest BCUT2D eigenvalue weighted by atomic mass is 10.1. The third-order valence-electron chi connectivity index (χ3n) is 4.50. The number of carbonyl (C=O) groups is 2. The highest BCUT2D eigenvalue weighted by Crippen LogP contribution is 2.32. The second kappa shape index (κ2) is 8.23. The van der Waals surface area contributed by atoms with Crippen molar-refractivity contribution < 1.29 is 14.0 Å². The minimum absolute atomic E-state index is 0.0338. The number of para-hydroxylation sites is 1. The zero-order valence-corrected chi connectivity index (χ0v) is 17.5. The quantitative estimate of drug-likeness (QED) is 0.334. The van der Waals surface area contributed by atoms with Crippen molar-refractivity contribution >= 4 is 55.8 Å². The Morgan fingerprint density at radius 1 is 0.897 bits per heavy atom. The first-order chi connectivity index (χ1) is 14.0. The largest absolute Gasteiger partial charge is 0.450 e. The number of ketones is 2. The maximum Gasteiger partial charge on any atom is 0.230 e. The van der Waals surface area contributed by atoms with Crippen LogP contribution in [0.3, 0.4) is 0 Å². The minimum Gasteiger partial charge on any atom is -0.450 e. The van der Waals surface area contributed by atoms with Crippen molar-refractivity contribution in [3.05, 3.63) is 99.2 Å². The van der Waals surface area contributed by atoms with Crippen LogP contribution in [0.1, 0.15) is 26.5 Å². The molecule has 0 aliphatic rings. The smallest absolute Gasteiger partial charge is 0.230 e. The summed E-state index contributed by atoms with van der Waals surface area (Å²) in [6.07, 6.45) is 0. The zero-order chi connectivity index (χ0) is 20.4. The van der Waals surface area contributed by atoms with Gasteiger partial charge >= 0.3 is 0 Å². The first-order valence-corrected chi connectivity index (χ1v) is 10.0. The molecule has 0 radical (unpaired) electrons. The highest BCUT2D eigenvalue weighted by molar-refractivity contribution is 9.10. The lowest BCUT2D eigenvalue weighted by Crippen LogP contribution is -2.15. The first kappa shape index (κ1) is 19.4. The number of anilines is 1. The van der Waals surface area contributed by atoms with E-state index in [-0.39, 0.29) is 23.9 Å². The van der Waals surface area contributed by atoms with E-state index in [1.807, 2.05) is 30.3 Å². The molecule has 0 fully saturated rings. The standard InChI is InChI=1S/C23H15BrClNO3/c24-16-9-5-14(6-10-16)19(27)13-26-21-18-3-1-2-4-20(18)29-23(21)22(28)15-7-11-17(25)12-8-15/h1-12,26H,13H2. The van der Waals surface area contributed by atoms with Gasteiger partial charge in [0.15, 0.2) is 11.5 Å². The fourth-order valence-corrected chi connectivity index (χ4v) is 3.41. The number of carbonyl (C=O) groups excluding carboxylic acids is 2. The van der Waals surface area contributed by atoms with Crippen molar-refractivity contribution in [1.82, 2.24) is 0 Å². The van der Waals surface area contributed by atoms with Crippen LogP contribution in [-0.4, -0.2) is 18.1 Å². The summed E-state index contributed by atoms with van der Waals surface area (Å²) >= 11 is 9.28. The molecular weight excluding hydrogens is 454 g/mol. The molecule has 3 aromatic carbocycles. The predicted octanol–water partition coefficient (Wildman–Crippen LogP) is 6.37. The third kappa shape index (κ3) is 4.11. The number of hydrogen-bond acceptors (Lipinski definition) is 4. The molecule has 0 atom stereocenters. The summed E-state index contributed by atoms with van der Waals surface area (Å²) in [7, 11) is 0. The Balaban J connectivity index is 1.66. The van der Waals surface area contributed by atoms with Gasteiger partial charge in [-0.25, -0.2) is 0 Å². The molecule has 144 valence electrons. The van der Waals surface area contributed by atoms with E-state index in [2.05, 4.69) is 21.2 Å². The number of nitrogens with one attached hydrogen (secondary N) is 1. The minimum atomic E-state index is -0.281. The van der Waals surface area contributed by atoms with Crippen molar-refractivity contribution in [2.75, 3.05) is 11.9 Å². The summed E-state index contributed by atoms with van der Waals surface area (Å²) in [4.78, 5) is 25.6. The molecule has 1 heterocycles. The van der Waals surface area contributed by atoms with Crippen LogP contribution in [0, 0.1) is 0 Å². The molecule has 0 aliphatic heterocycles. The van der Waals surface area contributed by atoms with Gasteiger partial charge in [-0.1, -0.05) is 51.8 Å². The zero-order valence-electron chi connectivity index (χ0n) is 15.1. The summed E-state index contributed by atoms with van der Waals surface area (Å²) in [5.74, 6) is -0.207. The fraction of sp³-hybridized carbons (Fsp3) is 0.0435. The van der Waals surface area contributed by atoms with Crippen LogP contribution in [-0.2, 0) is 0 Å². The maximum absolute atomic E-state index is 13.0. The van der Waals surface area contributed by atoms with Crippen LogP contribution in [0.25, 0.3) is 11.0 Å². The van der Waals surface area contributed by atoms with Crippen LogP contribution in [0.4, 0.5) is 5.69 Å². The normalized spacial score (nSPS) is 10.8. The Labute approximate surface area is 180 Å². The van der Waals surface area contributed by atoms with Crippen LogP contribution in [0.2, 0.25) is 5.02 Å². The van der Waals surface area contributed by atoms with Gasteiger partial charge in [-0.3, -0.25) is 9.59 Å². The van der Waals surface area contributed by atoms with E-state index in [1.54, 1.807) is 42.5 Å². The van der Waals surface area contributed by atoms with E-state index in [9.17, 15) is 9.59 Å². The fourth-order valence-electron chi connectivity index (χ4n) is 3.02. The van der Waals surface area contributed by atoms with Gasteiger partial charge in [-0.2, -0.15) is 0 Å². The predicted molar refractivity (Wildman–Crippen MR) is 118 cm³/mol. The van der Waals surface area contributed by atoms with Gasteiger partial charge in [-0.05, 0) is 48.5 Å². The summed E-state index contributed by atoms with van der Waals surface area (Å²) in [5.41, 5.74) is 2.12. The van der Waals surface area contributed by atoms with E-state index in [1.165, 1.54) is 0 Å². The average molecular weight is 469 g/mol. The number of halogens is 2. The second-order valence-corrected chi connectivity index (χ2v) is 7.77. The van der Waals surface area contributed by atoms with Gasteiger partial charge in [0.2, 0.25) is 5.78 Å². The van der Waals surface area contributed by atoms with Crippen molar-refractivity contribution in [2.45, 2.75) is 0 Å². The molecule has 0 aliphatic carbocycles. The summed E-state index contributed by atoms with van der Waals surface area (Å²) in [6.45, 7) is 0.0338. The van der Waals surface area contributed by atoms with Crippen LogP contribution >= 0.6 is 27.5 Å². The van der Waals surface area contributed by atoms with Gasteiger partial charge in [0.25, 0.3) is 0 Å². The van der Waals surface area contributed by atoms with Crippen LogP contribution in [0.15, 0.2) is 81.7 Å². The van der Waals surface area contributed by atoms with E-state index < -0.39 is 0 Å². The number of rotatable bonds is 6. The topological polar surface area (TPSA) is 59.3 Å². The highest BCUT2D eigenvalue weighted by atomic mass is 79.9. The molecule has 29 heavy (non-hydrogen) atoms. The Bertz CT molecular complexity index is 1200. The van der Waals surface area contributed by atoms with E-state index >= 15 is 0 Å². The highest BCUT2D eigenvalue weighted by Gasteiger charge is 2.22. The Kier molecular flexibility index (Phi) is 5.51. The number of hydrogen-bond donors (Lipinski definition) is 1. The SMILES string of the molecule is O=C(CNc1c(C(=O)c2ccc(Cl)cc2)oc2ccccc12)c1ccc(Br)cc1. The monoisotopic (exact) mass is 467 g/mol. The van der Waals surface area contributed by atoms with Crippen molar-refractivity contribution in [1.29, 1.82) is 0 Å². The van der Waals surface area contributed by atoms with Crippen molar-refractivity contribution in [3.8, 4) is 0 Å².